The van der Waals surface area contributed by atoms with Gasteiger partial charge in [-0.25, -0.2) is 4.98 Å². The molecule has 0 bridgehead atoms. The number of nitrogens with zero attached hydrogens (tertiary/aromatic N) is 4. The summed E-state index contributed by atoms with van der Waals surface area (Å²) < 4.78 is 7.36. The molecule has 0 amide bonds. The summed E-state index contributed by atoms with van der Waals surface area (Å²) in [6.45, 7) is 3.46. The highest BCUT2D eigenvalue weighted by atomic mass is 35.5. The fourth-order valence-electron chi connectivity index (χ4n) is 2.57. The number of pyridine rings is 1. The van der Waals surface area contributed by atoms with Gasteiger partial charge < -0.3 is 4.74 Å². The van der Waals surface area contributed by atoms with Gasteiger partial charge in [0.05, 0.1) is 17.3 Å². The molecule has 2 aromatic heterocycles. The lowest BCUT2D eigenvalue weighted by Gasteiger charge is -2.22. The Morgan fingerprint density at radius 2 is 2.14 bits per heavy atom. The van der Waals surface area contributed by atoms with E-state index in [1.54, 1.807) is 6.20 Å². The van der Waals surface area contributed by atoms with Crippen molar-refractivity contribution < 1.29 is 4.74 Å². The lowest BCUT2D eigenvalue weighted by molar-refractivity contribution is 0.0662. The van der Waals surface area contributed by atoms with Gasteiger partial charge in [0.25, 0.3) is 0 Å². The number of rotatable bonds is 2. The highest BCUT2D eigenvalue weighted by molar-refractivity contribution is 6.32. The normalized spacial score (nSPS) is 15.9. The zero-order valence-corrected chi connectivity index (χ0v) is 12.5. The molecular weight excluding hydrogens is 288 g/mol. The van der Waals surface area contributed by atoms with Crippen molar-refractivity contribution in [3.05, 3.63) is 34.9 Å². The molecule has 6 heteroatoms. The van der Waals surface area contributed by atoms with Crippen LogP contribution in [0.3, 0.4) is 0 Å². The lowest BCUT2D eigenvalue weighted by Crippen LogP contribution is -2.19. The molecule has 108 valence electrons. The summed E-state index contributed by atoms with van der Waals surface area (Å²) in [6.07, 6.45) is 7.48. The second-order valence-corrected chi connectivity index (χ2v) is 5.50. The van der Waals surface area contributed by atoms with Crippen molar-refractivity contribution >= 4 is 11.6 Å². The zero-order chi connectivity index (χ0) is 14.8. The smallest absolute Gasteiger partial charge is 0.159 e. The van der Waals surface area contributed by atoms with Crippen molar-refractivity contribution in [1.82, 2.24) is 14.8 Å². The maximum absolute atomic E-state index is 8.95. The quantitative estimate of drug-likeness (QED) is 0.855. The van der Waals surface area contributed by atoms with Crippen LogP contribution in [0.25, 0.3) is 11.1 Å². The Morgan fingerprint density at radius 3 is 2.86 bits per heavy atom. The van der Waals surface area contributed by atoms with E-state index in [9.17, 15) is 0 Å². The Hall–Kier alpha value is -1.90. The van der Waals surface area contributed by atoms with Gasteiger partial charge in [-0.3, -0.25) is 4.68 Å². The molecule has 0 radical (unpaired) electrons. The molecule has 1 aliphatic rings. The average Bonchev–Trinajstić information content (AvgIpc) is 3.00. The van der Waals surface area contributed by atoms with E-state index in [-0.39, 0.29) is 5.69 Å². The zero-order valence-electron chi connectivity index (χ0n) is 11.7. The molecule has 21 heavy (non-hydrogen) atoms. The first-order chi connectivity index (χ1) is 10.2. The number of hydrogen-bond donors (Lipinski definition) is 0. The van der Waals surface area contributed by atoms with Crippen molar-refractivity contribution in [2.24, 2.45) is 0 Å². The van der Waals surface area contributed by atoms with Crippen molar-refractivity contribution in [2.45, 2.75) is 25.8 Å². The molecule has 0 aliphatic carbocycles. The second kappa shape index (κ2) is 5.84. The van der Waals surface area contributed by atoms with Gasteiger partial charge in [0.1, 0.15) is 6.07 Å². The lowest BCUT2D eigenvalue weighted by atomic mass is 10.1. The van der Waals surface area contributed by atoms with Crippen molar-refractivity contribution in [3.63, 3.8) is 0 Å². The van der Waals surface area contributed by atoms with Gasteiger partial charge in [-0.05, 0) is 25.3 Å². The molecule has 2 aromatic rings. The van der Waals surface area contributed by atoms with E-state index in [1.165, 1.54) is 0 Å². The van der Waals surface area contributed by atoms with Crippen LogP contribution in [0.2, 0.25) is 5.02 Å². The SMILES string of the molecule is Cc1c(-c2cnn(C3CCOCC3)c2)cnc(C#N)c1Cl. The molecule has 3 rings (SSSR count). The van der Waals surface area contributed by atoms with E-state index >= 15 is 0 Å². The first-order valence-corrected chi connectivity index (χ1v) is 7.26. The first kappa shape index (κ1) is 14.1. The number of nitriles is 1. The molecule has 5 nitrogen and oxygen atoms in total. The molecule has 0 unspecified atom stereocenters. The highest BCUT2D eigenvalue weighted by Crippen LogP contribution is 2.30. The van der Waals surface area contributed by atoms with Gasteiger partial charge in [0, 0.05) is 36.7 Å². The Kier molecular flexibility index (Phi) is 3.91. The second-order valence-electron chi connectivity index (χ2n) is 5.12. The van der Waals surface area contributed by atoms with E-state index < -0.39 is 0 Å². The summed E-state index contributed by atoms with van der Waals surface area (Å²) in [5.41, 5.74) is 3.00. The third kappa shape index (κ3) is 2.65. The minimum Gasteiger partial charge on any atom is -0.381 e. The molecule has 1 fully saturated rings. The average molecular weight is 303 g/mol. The van der Waals surface area contributed by atoms with Crippen molar-refractivity contribution in [2.75, 3.05) is 13.2 Å². The van der Waals surface area contributed by atoms with Gasteiger partial charge in [0.2, 0.25) is 0 Å². The van der Waals surface area contributed by atoms with Crippen molar-refractivity contribution in [3.8, 4) is 17.2 Å². The van der Waals surface area contributed by atoms with E-state index in [0.717, 1.165) is 42.7 Å². The fourth-order valence-corrected chi connectivity index (χ4v) is 2.77. The summed E-state index contributed by atoms with van der Waals surface area (Å²) in [4.78, 5) is 4.11. The van der Waals surface area contributed by atoms with Crippen LogP contribution in [-0.4, -0.2) is 28.0 Å². The van der Waals surface area contributed by atoms with Crippen LogP contribution in [-0.2, 0) is 4.74 Å². The number of halogens is 1. The highest BCUT2D eigenvalue weighted by Gasteiger charge is 2.18. The number of aromatic nitrogens is 3. The molecule has 0 saturated carbocycles. The molecule has 0 aromatic carbocycles. The third-order valence-electron chi connectivity index (χ3n) is 3.85. The van der Waals surface area contributed by atoms with Crippen LogP contribution in [0.15, 0.2) is 18.6 Å². The van der Waals surface area contributed by atoms with Gasteiger partial charge >= 0.3 is 0 Å². The van der Waals surface area contributed by atoms with Crippen LogP contribution in [0.5, 0.6) is 0 Å². The molecule has 0 spiro atoms. The van der Waals surface area contributed by atoms with E-state index in [2.05, 4.69) is 10.1 Å². The van der Waals surface area contributed by atoms with Gasteiger partial charge in [-0.15, -0.1) is 0 Å². The maximum Gasteiger partial charge on any atom is 0.159 e. The fraction of sp³-hybridized carbons (Fsp3) is 0.400. The van der Waals surface area contributed by atoms with Gasteiger partial charge in [-0.1, -0.05) is 11.6 Å². The Balaban J connectivity index is 1.93. The van der Waals surface area contributed by atoms with Gasteiger partial charge in [0.15, 0.2) is 5.69 Å². The van der Waals surface area contributed by atoms with Crippen LogP contribution >= 0.6 is 11.6 Å². The minimum atomic E-state index is 0.259. The van der Waals surface area contributed by atoms with Crippen LogP contribution < -0.4 is 0 Å². The number of hydrogen-bond acceptors (Lipinski definition) is 4. The van der Waals surface area contributed by atoms with Crippen LogP contribution in [0, 0.1) is 18.3 Å². The van der Waals surface area contributed by atoms with E-state index in [4.69, 9.17) is 21.6 Å². The molecule has 0 N–H and O–H groups in total. The summed E-state index contributed by atoms with van der Waals surface area (Å²) >= 11 is 6.18. The van der Waals surface area contributed by atoms with Crippen LogP contribution in [0.4, 0.5) is 0 Å². The monoisotopic (exact) mass is 302 g/mol. The molecule has 3 heterocycles. The predicted octanol–water partition coefficient (Wildman–Crippen LogP) is 3.13. The Morgan fingerprint density at radius 1 is 1.38 bits per heavy atom. The molecule has 0 atom stereocenters. The minimum absolute atomic E-state index is 0.259. The molecule has 1 aliphatic heterocycles. The Bertz CT molecular complexity index is 698. The summed E-state index contributed by atoms with van der Waals surface area (Å²) in [7, 11) is 0. The summed E-state index contributed by atoms with van der Waals surface area (Å²) in [5, 5.41) is 13.8. The first-order valence-electron chi connectivity index (χ1n) is 6.88. The Labute approximate surface area is 128 Å². The topological polar surface area (TPSA) is 63.7 Å². The largest absolute Gasteiger partial charge is 0.381 e. The van der Waals surface area contributed by atoms with Crippen molar-refractivity contribution in [1.29, 1.82) is 5.26 Å². The predicted molar refractivity (Wildman–Crippen MR) is 79.0 cm³/mol. The summed E-state index contributed by atoms with van der Waals surface area (Å²) in [5.74, 6) is 0. The van der Waals surface area contributed by atoms with E-state index in [0.29, 0.717) is 11.1 Å². The standard InChI is InChI=1S/C15H15ClN4O/c1-10-13(8-18-14(6-17)15(10)16)11-7-19-20(9-11)12-2-4-21-5-3-12/h7-9,12H,2-5H2,1H3. The van der Waals surface area contributed by atoms with Crippen LogP contribution in [0.1, 0.15) is 30.1 Å². The maximum atomic E-state index is 8.95. The van der Waals surface area contributed by atoms with E-state index in [1.807, 2.05) is 30.1 Å². The summed E-state index contributed by atoms with van der Waals surface area (Å²) in [6, 6.07) is 2.38. The molecule has 1 saturated heterocycles. The third-order valence-corrected chi connectivity index (χ3v) is 4.31. The van der Waals surface area contributed by atoms with Gasteiger partial charge in [-0.2, -0.15) is 10.4 Å². The molecular formula is C15H15ClN4O. The number of ether oxygens (including phenoxy) is 1.